The van der Waals surface area contributed by atoms with Gasteiger partial charge in [0, 0.05) is 5.39 Å². The van der Waals surface area contributed by atoms with Gasteiger partial charge < -0.3 is 0 Å². The van der Waals surface area contributed by atoms with Crippen molar-refractivity contribution in [3.8, 4) is 0 Å². The first-order valence-corrected chi connectivity index (χ1v) is 6.12. The van der Waals surface area contributed by atoms with Crippen molar-refractivity contribution in [2.24, 2.45) is 5.84 Å². The average Bonchev–Trinajstić information content (AvgIpc) is 2.43. The topological polar surface area (TPSA) is 68.0 Å². The number of amides is 1. The smallest absolute Gasteiger partial charge is 0.243 e. The monoisotopic (exact) mass is 243 g/mol. The molecule has 3 N–H and O–H groups in total. The van der Waals surface area contributed by atoms with Crippen molar-refractivity contribution in [3.63, 3.8) is 0 Å². The molecular weight excluding hydrogens is 226 g/mol. The minimum atomic E-state index is -0.274. The lowest BCUT2D eigenvalue weighted by molar-refractivity contribution is -0.122. The second-order valence-corrected chi connectivity index (χ2v) is 4.28. The minimum absolute atomic E-state index is 0.181. The number of benzene rings is 1. The number of nitrogens with two attached hydrogens (primary N) is 1. The summed E-state index contributed by atoms with van der Waals surface area (Å²) in [4.78, 5) is 16.3. The standard InChI is InChI=1S/C14H17N3O/c1-2-5-11(14(18)17-15)13-9-8-10-6-3-4-7-12(10)16-13/h3-4,6-9,11H,2,5,15H2,1H3,(H,17,18). The van der Waals surface area contributed by atoms with Gasteiger partial charge in [0.25, 0.3) is 0 Å². The van der Waals surface area contributed by atoms with E-state index in [-0.39, 0.29) is 11.8 Å². The van der Waals surface area contributed by atoms with Gasteiger partial charge in [-0.1, -0.05) is 37.6 Å². The predicted molar refractivity (Wildman–Crippen MR) is 71.7 cm³/mol. The highest BCUT2D eigenvalue weighted by Crippen LogP contribution is 2.22. The molecule has 1 unspecified atom stereocenters. The summed E-state index contributed by atoms with van der Waals surface area (Å²) in [7, 11) is 0. The van der Waals surface area contributed by atoms with Crippen LogP contribution in [0.15, 0.2) is 36.4 Å². The summed E-state index contributed by atoms with van der Waals surface area (Å²) >= 11 is 0. The Morgan fingerprint density at radius 3 is 2.83 bits per heavy atom. The van der Waals surface area contributed by atoms with Crippen molar-refractivity contribution < 1.29 is 4.79 Å². The number of nitrogens with one attached hydrogen (secondary N) is 1. The molecule has 4 nitrogen and oxygen atoms in total. The van der Waals surface area contributed by atoms with Crippen LogP contribution in [0.3, 0.4) is 0 Å². The van der Waals surface area contributed by atoms with E-state index in [9.17, 15) is 4.79 Å². The summed E-state index contributed by atoms with van der Waals surface area (Å²) in [5.41, 5.74) is 3.90. The molecule has 0 radical (unpaired) electrons. The number of pyridine rings is 1. The first-order chi connectivity index (χ1) is 8.76. The maximum Gasteiger partial charge on any atom is 0.243 e. The molecule has 1 aromatic heterocycles. The molecule has 94 valence electrons. The second kappa shape index (κ2) is 5.60. The number of hydrogen-bond donors (Lipinski definition) is 2. The Morgan fingerprint density at radius 2 is 2.11 bits per heavy atom. The van der Waals surface area contributed by atoms with Crippen LogP contribution in [-0.4, -0.2) is 10.9 Å². The number of rotatable bonds is 4. The van der Waals surface area contributed by atoms with Crippen LogP contribution >= 0.6 is 0 Å². The lowest BCUT2D eigenvalue weighted by Gasteiger charge is -2.14. The molecule has 4 heteroatoms. The van der Waals surface area contributed by atoms with E-state index in [1.54, 1.807) is 0 Å². The summed E-state index contributed by atoms with van der Waals surface area (Å²) in [6.45, 7) is 2.04. The average molecular weight is 243 g/mol. The fourth-order valence-corrected chi connectivity index (χ4v) is 2.08. The highest BCUT2D eigenvalue weighted by Gasteiger charge is 2.20. The van der Waals surface area contributed by atoms with E-state index in [0.717, 1.165) is 29.4 Å². The van der Waals surface area contributed by atoms with Crippen LogP contribution in [0.25, 0.3) is 10.9 Å². The molecule has 0 aliphatic carbocycles. The fourth-order valence-electron chi connectivity index (χ4n) is 2.08. The van der Waals surface area contributed by atoms with E-state index < -0.39 is 0 Å². The van der Waals surface area contributed by atoms with Crippen LogP contribution < -0.4 is 11.3 Å². The minimum Gasteiger partial charge on any atom is -0.294 e. The number of aromatic nitrogens is 1. The molecule has 18 heavy (non-hydrogen) atoms. The predicted octanol–water partition coefficient (Wildman–Crippen LogP) is 2.11. The Labute approximate surface area is 106 Å². The molecule has 0 fully saturated rings. The third-order valence-corrected chi connectivity index (χ3v) is 3.01. The second-order valence-electron chi connectivity index (χ2n) is 4.28. The molecule has 2 aromatic rings. The van der Waals surface area contributed by atoms with E-state index in [0.29, 0.717) is 0 Å². The number of fused-ring (bicyclic) bond motifs is 1. The molecule has 1 atom stereocenters. The lowest BCUT2D eigenvalue weighted by atomic mass is 9.98. The molecular formula is C14H17N3O. The molecule has 1 aromatic carbocycles. The van der Waals surface area contributed by atoms with Crippen molar-refractivity contribution in [3.05, 3.63) is 42.1 Å². The molecule has 0 spiro atoms. The highest BCUT2D eigenvalue weighted by atomic mass is 16.2. The van der Waals surface area contributed by atoms with Gasteiger partial charge in [-0.05, 0) is 18.6 Å². The van der Waals surface area contributed by atoms with Gasteiger partial charge in [0.2, 0.25) is 5.91 Å². The highest BCUT2D eigenvalue weighted by molar-refractivity contribution is 5.84. The summed E-state index contributed by atoms with van der Waals surface area (Å²) < 4.78 is 0. The Balaban J connectivity index is 2.41. The summed E-state index contributed by atoms with van der Waals surface area (Å²) in [5, 5.41) is 1.07. The van der Waals surface area contributed by atoms with Crippen molar-refractivity contribution >= 4 is 16.8 Å². The molecule has 0 bridgehead atoms. The SMILES string of the molecule is CCCC(C(=O)NN)c1ccc2ccccc2n1. The molecule has 2 rings (SSSR count). The molecule has 0 aliphatic heterocycles. The van der Waals surface area contributed by atoms with Gasteiger partial charge in [-0.25, -0.2) is 5.84 Å². The van der Waals surface area contributed by atoms with E-state index in [1.165, 1.54) is 0 Å². The number of para-hydroxylation sites is 1. The summed E-state index contributed by atoms with van der Waals surface area (Å²) in [6, 6.07) is 11.8. The van der Waals surface area contributed by atoms with Crippen LogP contribution in [-0.2, 0) is 4.79 Å². The summed E-state index contributed by atoms with van der Waals surface area (Å²) in [5.74, 6) is 4.77. The van der Waals surface area contributed by atoms with E-state index >= 15 is 0 Å². The molecule has 0 aliphatic rings. The Kier molecular flexibility index (Phi) is 3.89. The lowest BCUT2D eigenvalue weighted by Crippen LogP contribution is -2.35. The number of hydrogen-bond acceptors (Lipinski definition) is 3. The molecule has 0 saturated carbocycles. The first kappa shape index (κ1) is 12.5. The van der Waals surface area contributed by atoms with Gasteiger partial charge in [-0.3, -0.25) is 15.2 Å². The van der Waals surface area contributed by atoms with E-state index in [4.69, 9.17) is 5.84 Å². The molecule has 1 heterocycles. The van der Waals surface area contributed by atoms with Crippen LogP contribution in [0.4, 0.5) is 0 Å². The van der Waals surface area contributed by atoms with Gasteiger partial charge in [0.15, 0.2) is 0 Å². The normalized spacial score (nSPS) is 12.3. The zero-order valence-electron chi connectivity index (χ0n) is 10.4. The van der Waals surface area contributed by atoms with Gasteiger partial charge in [0.1, 0.15) is 0 Å². The van der Waals surface area contributed by atoms with Gasteiger partial charge >= 0.3 is 0 Å². The Bertz CT molecular complexity index is 553. The zero-order chi connectivity index (χ0) is 13.0. The van der Waals surface area contributed by atoms with E-state index in [1.807, 2.05) is 43.3 Å². The van der Waals surface area contributed by atoms with E-state index in [2.05, 4.69) is 10.4 Å². The summed E-state index contributed by atoms with van der Waals surface area (Å²) in [6.07, 6.45) is 1.65. The van der Waals surface area contributed by atoms with Crippen molar-refractivity contribution in [2.75, 3.05) is 0 Å². The van der Waals surface area contributed by atoms with Crippen LogP contribution in [0.2, 0.25) is 0 Å². The first-order valence-electron chi connectivity index (χ1n) is 6.12. The largest absolute Gasteiger partial charge is 0.294 e. The number of hydrazine groups is 1. The van der Waals surface area contributed by atoms with Crippen molar-refractivity contribution in [2.45, 2.75) is 25.7 Å². The zero-order valence-corrected chi connectivity index (χ0v) is 10.4. The van der Waals surface area contributed by atoms with Gasteiger partial charge in [0.05, 0.1) is 17.1 Å². The number of nitrogens with zero attached hydrogens (tertiary/aromatic N) is 1. The Hall–Kier alpha value is -1.94. The van der Waals surface area contributed by atoms with Crippen LogP contribution in [0.1, 0.15) is 31.4 Å². The maximum absolute atomic E-state index is 11.8. The third-order valence-electron chi connectivity index (χ3n) is 3.01. The fraction of sp³-hybridized carbons (Fsp3) is 0.286. The van der Waals surface area contributed by atoms with Crippen molar-refractivity contribution in [1.29, 1.82) is 0 Å². The quantitative estimate of drug-likeness (QED) is 0.491. The van der Waals surface area contributed by atoms with Gasteiger partial charge in [-0.15, -0.1) is 0 Å². The molecule has 0 saturated heterocycles. The van der Waals surface area contributed by atoms with Gasteiger partial charge in [-0.2, -0.15) is 0 Å². The number of carbonyl (C=O) groups is 1. The Morgan fingerprint density at radius 1 is 1.33 bits per heavy atom. The maximum atomic E-state index is 11.8. The number of carbonyl (C=O) groups excluding carboxylic acids is 1. The van der Waals surface area contributed by atoms with Crippen molar-refractivity contribution in [1.82, 2.24) is 10.4 Å². The van der Waals surface area contributed by atoms with Crippen LogP contribution in [0.5, 0.6) is 0 Å². The van der Waals surface area contributed by atoms with Crippen LogP contribution in [0, 0.1) is 0 Å². The molecule has 1 amide bonds. The third kappa shape index (κ3) is 2.49.